The van der Waals surface area contributed by atoms with E-state index in [1.165, 1.54) is 25.3 Å². The number of benzene rings is 2. The van der Waals surface area contributed by atoms with Crippen molar-refractivity contribution in [3.05, 3.63) is 53.6 Å². The number of hydrogen-bond donors (Lipinski definition) is 1. The van der Waals surface area contributed by atoms with Gasteiger partial charge < -0.3 is 14.8 Å². The van der Waals surface area contributed by atoms with Gasteiger partial charge in [-0.1, -0.05) is 0 Å². The summed E-state index contributed by atoms with van der Waals surface area (Å²) in [5.74, 6) is -2.50. The Morgan fingerprint density at radius 2 is 1.93 bits per heavy atom. The Kier molecular flexibility index (Phi) is 5.95. The molecule has 1 atom stereocenters. The van der Waals surface area contributed by atoms with Gasteiger partial charge in [-0.2, -0.15) is 0 Å². The molecule has 1 saturated heterocycles. The highest BCUT2D eigenvalue weighted by molar-refractivity contribution is 7.91. The summed E-state index contributed by atoms with van der Waals surface area (Å²) in [6.45, 7) is 0.911. The molecule has 0 spiro atoms. The third-order valence-corrected chi connectivity index (χ3v) is 6.26. The molecule has 0 radical (unpaired) electrons. The number of rotatable bonds is 6. The van der Waals surface area contributed by atoms with Crippen LogP contribution in [0, 0.1) is 17.6 Å². The zero-order chi connectivity index (χ0) is 20.3. The monoisotopic (exact) mass is 411 g/mol. The largest absolute Gasteiger partial charge is 0.496 e. The number of ether oxygens (including phenoxy) is 2. The summed E-state index contributed by atoms with van der Waals surface area (Å²) in [4.78, 5) is 12.6. The van der Waals surface area contributed by atoms with E-state index in [-0.39, 0.29) is 33.6 Å². The Morgan fingerprint density at radius 1 is 1.21 bits per heavy atom. The van der Waals surface area contributed by atoms with E-state index in [0.717, 1.165) is 12.1 Å². The number of halogens is 2. The van der Waals surface area contributed by atoms with Gasteiger partial charge in [0.2, 0.25) is 0 Å². The van der Waals surface area contributed by atoms with E-state index in [9.17, 15) is 22.0 Å². The van der Waals surface area contributed by atoms with Crippen LogP contribution in [0.5, 0.6) is 5.75 Å². The molecule has 2 aromatic rings. The van der Waals surface area contributed by atoms with Crippen LogP contribution >= 0.6 is 0 Å². The van der Waals surface area contributed by atoms with Crippen molar-refractivity contribution in [1.29, 1.82) is 0 Å². The van der Waals surface area contributed by atoms with Gasteiger partial charge in [0.1, 0.15) is 17.4 Å². The molecule has 1 fully saturated rings. The van der Waals surface area contributed by atoms with E-state index < -0.39 is 27.4 Å². The number of sulfone groups is 1. The molecule has 0 aromatic heterocycles. The van der Waals surface area contributed by atoms with Crippen LogP contribution in [0.3, 0.4) is 0 Å². The average molecular weight is 411 g/mol. The summed E-state index contributed by atoms with van der Waals surface area (Å²) >= 11 is 0. The second kappa shape index (κ2) is 8.24. The summed E-state index contributed by atoms with van der Waals surface area (Å²) < 4.78 is 62.4. The predicted octanol–water partition coefficient (Wildman–Crippen LogP) is 3.04. The molecule has 0 saturated carbocycles. The fourth-order valence-electron chi connectivity index (χ4n) is 3.00. The van der Waals surface area contributed by atoms with Gasteiger partial charge in [-0.15, -0.1) is 0 Å². The van der Waals surface area contributed by atoms with Crippen molar-refractivity contribution in [3.63, 3.8) is 0 Å². The third kappa shape index (κ3) is 4.66. The first-order valence-electron chi connectivity index (χ1n) is 8.54. The Balaban J connectivity index is 1.88. The molecule has 28 heavy (non-hydrogen) atoms. The van der Waals surface area contributed by atoms with Crippen molar-refractivity contribution in [2.75, 3.05) is 31.4 Å². The van der Waals surface area contributed by atoms with Crippen LogP contribution in [0.1, 0.15) is 16.8 Å². The normalized spacial score (nSPS) is 16.8. The molecule has 150 valence electrons. The maximum Gasteiger partial charge on any atom is 0.259 e. The zero-order valence-electron chi connectivity index (χ0n) is 15.1. The summed E-state index contributed by atoms with van der Waals surface area (Å²) in [7, 11) is -2.32. The lowest BCUT2D eigenvalue weighted by molar-refractivity contribution is 0.102. The number of nitrogens with one attached hydrogen (secondary N) is 1. The minimum atomic E-state index is -3.65. The lowest BCUT2D eigenvalue weighted by atomic mass is 10.1. The molecule has 0 unspecified atom stereocenters. The number of anilines is 1. The van der Waals surface area contributed by atoms with Gasteiger partial charge in [-0.25, -0.2) is 17.2 Å². The SMILES string of the molecule is COc1ccc(S(=O)(=O)C[C@H]2CCOC2)cc1C(=O)Nc1cc(F)cc(F)c1. The molecule has 1 amide bonds. The average Bonchev–Trinajstić information content (AvgIpc) is 3.12. The van der Waals surface area contributed by atoms with Crippen LogP contribution in [0.4, 0.5) is 14.5 Å². The van der Waals surface area contributed by atoms with Gasteiger partial charge in [0.25, 0.3) is 5.91 Å². The van der Waals surface area contributed by atoms with E-state index >= 15 is 0 Å². The van der Waals surface area contributed by atoms with Gasteiger partial charge in [0, 0.05) is 18.4 Å². The van der Waals surface area contributed by atoms with Gasteiger partial charge in [-0.05, 0) is 42.7 Å². The highest BCUT2D eigenvalue weighted by Crippen LogP contribution is 2.26. The maximum absolute atomic E-state index is 13.3. The van der Waals surface area contributed by atoms with Crippen LogP contribution in [0.2, 0.25) is 0 Å². The van der Waals surface area contributed by atoms with Crippen LogP contribution in [-0.4, -0.2) is 40.4 Å². The quantitative estimate of drug-likeness (QED) is 0.790. The van der Waals surface area contributed by atoms with E-state index in [4.69, 9.17) is 9.47 Å². The fraction of sp³-hybridized carbons (Fsp3) is 0.316. The van der Waals surface area contributed by atoms with Gasteiger partial charge >= 0.3 is 0 Å². The molecule has 1 aliphatic heterocycles. The smallest absolute Gasteiger partial charge is 0.259 e. The lowest BCUT2D eigenvalue weighted by Crippen LogP contribution is -2.18. The van der Waals surface area contributed by atoms with Crippen molar-refractivity contribution in [3.8, 4) is 5.75 Å². The van der Waals surface area contributed by atoms with Gasteiger partial charge in [0.15, 0.2) is 9.84 Å². The maximum atomic E-state index is 13.3. The Hall–Kier alpha value is -2.52. The predicted molar refractivity (Wildman–Crippen MR) is 98.3 cm³/mol. The highest BCUT2D eigenvalue weighted by Gasteiger charge is 2.26. The molecule has 1 aliphatic rings. The second-order valence-corrected chi connectivity index (χ2v) is 8.52. The molecule has 9 heteroatoms. The van der Waals surface area contributed by atoms with Crippen molar-refractivity contribution in [1.82, 2.24) is 0 Å². The number of hydrogen-bond acceptors (Lipinski definition) is 5. The first kappa shape index (κ1) is 20.2. The summed E-state index contributed by atoms with van der Waals surface area (Å²) in [5, 5.41) is 2.35. The standard InChI is InChI=1S/C19H19F2NO5S/c1-26-18-3-2-16(28(24,25)11-12-4-5-27-10-12)9-17(18)19(23)22-15-7-13(20)6-14(21)8-15/h2-3,6-9,12H,4-5,10-11H2,1H3,(H,22,23)/t12-/m0/s1. The minimum absolute atomic E-state index is 0.0317. The van der Waals surface area contributed by atoms with Crippen molar-refractivity contribution in [2.24, 2.45) is 5.92 Å². The van der Waals surface area contributed by atoms with E-state index in [0.29, 0.717) is 25.7 Å². The minimum Gasteiger partial charge on any atom is -0.496 e. The Morgan fingerprint density at radius 3 is 2.54 bits per heavy atom. The number of carbonyl (C=O) groups is 1. The van der Waals surface area contributed by atoms with Gasteiger partial charge in [0.05, 0.1) is 29.9 Å². The second-order valence-electron chi connectivity index (χ2n) is 6.49. The Bertz CT molecular complexity index is 968. The Labute approximate surface area is 161 Å². The summed E-state index contributed by atoms with van der Waals surface area (Å²) in [6.07, 6.45) is 0.661. The van der Waals surface area contributed by atoms with Crippen molar-refractivity contribution >= 4 is 21.4 Å². The number of amides is 1. The van der Waals surface area contributed by atoms with E-state index in [2.05, 4.69) is 5.32 Å². The highest BCUT2D eigenvalue weighted by atomic mass is 32.2. The van der Waals surface area contributed by atoms with Crippen LogP contribution in [-0.2, 0) is 14.6 Å². The molecule has 0 bridgehead atoms. The topological polar surface area (TPSA) is 81.7 Å². The lowest BCUT2D eigenvalue weighted by Gasteiger charge is -2.13. The van der Waals surface area contributed by atoms with E-state index in [1.807, 2.05) is 0 Å². The van der Waals surface area contributed by atoms with Crippen LogP contribution in [0.15, 0.2) is 41.3 Å². The molecule has 1 N–H and O–H groups in total. The molecule has 1 heterocycles. The van der Waals surface area contributed by atoms with Crippen molar-refractivity contribution < 1.29 is 31.5 Å². The zero-order valence-corrected chi connectivity index (χ0v) is 15.9. The number of methoxy groups -OCH3 is 1. The summed E-state index contributed by atoms with van der Waals surface area (Å²) in [6, 6.07) is 6.52. The van der Waals surface area contributed by atoms with Crippen LogP contribution in [0.25, 0.3) is 0 Å². The van der Waals surface area contributed by atoms with Crippen molar-refractivity contribution in [2.45, 2.75) is 11.3 Å². The van der Waals surface area contributed by atoms with Gasteiger partial charge in [-0.3, -0.25) is 4.79 Å². The third-order valence-electron chi connectivity index (χ3n) is 4.37. The molecule has 6 nitrogen and oxygen atoms in total. The molecular weight excluding hydrogens is 392 g/mol. The first-order chi connectivity index (χ1) is 13.3. The molecular formula is C19H19F2NO5S. The molecule has 0 aliphatic carbocycles. The van der Waals surface area contributed by atoms with E-state index in [1.54, 1.807) is 0 Å². The first-order valence-corrected chi connectivity index (χ1v) is 10.2. The summed E-state index contributed by atoms with van der Waals surface area (Å²) in [5.41, 5.74) is -0.156. The molecule has 3 rings (SSSR count). The number of carbonyl (C=O) groups excluding carboxylic acids is 1. The fourth-order valence-corrected chi connectivity index (χ4v) is 4.65. The molecule has 2 aromatic carbocycles. The van der Waals surface area contributed by atoms with Crippen LogP contribution < -0.4 is 10.1 Å².